The number of halogens is 1. The lowest BCUT2D eigenvalue weighted by molar-refractivity contribution is 0.705. The third kappa shape index (κ3) is 0.904. The van der Waals surface area contributed by atoms with Gasteiger partial charge in [0.1, 0.15) is 12.2 Å². The number of hydrogen-bond donors (Lipinski definition) is 0. The number of hydrogen-bond acceptors (Lipinski definition) is 2. The monoisotopic (exact) mass is 157 g/mol. The van der Waals surface area contributed by atoms with Crippen LogP contribution in [0.3, 0.4) is 0 Å². The van der Waals surface area contributed by atoms with Gasteiger partial charge in [-0.3, -0.25) is 0 Å². The number of aromatic nitrogens is 3. The van der Waals surface area contributed by atoms with Gasteiger partial charge >= 0.3 is 0 Å². The van der Waals surface area contributed by atoms with Crippen molar-refractivity contribution in [3.05, 3.63) is 12.2 Å². The summed E-state index contributed by atoms with van der Waals surface area (Å²) in [6.45, 7) is 0. The highest BCUT2D eigenvalue weighted by Gasteiger charge is 2.25. The van der Waals surface area contributed by atoms with Gasteiger partial charge in [-0.1, -0.05) is 0 Å². The van der Waals surface area contributed by atoms with Crippen molar-refractivity contribution in [2.45, 2.75) is 24.8 Å². The van der Waals surface area contributed by atoms with Gasteiger partial charge in [0.25, 0.3) is 0 Å². The summed E-state index contributed by atoms with van der Waals surface area (Å²) in [4.78, 5) is 0. The quantitative estimate of drug-likeness (QED) is 0.607. The van der Waals surface area contributed by atoms with Crippen molar-refractivity contribution in [2.75, 3.05) is 0 Å². The number of rotatable bonds is 2. The number of alkyl halides is 1. The molecule has 1 aliphatic rings. The van der Waals surface area contributed by atoms with Crippen LogP contribution in [0.15, 0.2) is 6.33 Å². The Kier molecular flexibility index (Phi) is 1.38. The molecule has 1 saturated carbocycles. The zero-order valence-corrected chi connectivity index (χ0v) is 6.25. The molecule has 54 valence electrons. The largest absolute Gasteiger partial charge is 0.313 e. The van der Waals surface area contributed by atoms with Gasteiger partial charge < -0.3 is 4.57 Å². The van der Waals surface area contributed by atoms with E-state index in [0.29, 0.717) is 11.9 Å². The minimum absolute atomic E-state index is 0.469. The van der Waals surface area contributed by atoms with Gasteiger partial charge in [0.05, 0.1) is 5.88 Å². The molecule has 3 nitrogen and oxygen atoms in total. The van der Waals surface area contributed by atoms with Gasteiger partial charge in [-0.2, -0.15) is 0 Å². The average molecular weight is 158 g/mol. The second kappa shape index (κ2) is 2.23. The summed E-state index contributed by atoms with van der Waals surface area (Å²) in [7, 11) is 0. The van der Waals surface area contributed by atoms with Crippen molar-refractivity contribution in [3.8, 4) is 0 Å². The van der Waals surface area contributed by atoms with Crippen molar-refractivity contribution >= 4 is 11.6 Å². The molecule has 4 heteroatoms. The summed E-state index contributed by atoms with van der Waals surface area (Å²) in [5.41, 5.74) is 0. The van der Waals surface area contributed by atoms with Crippen LogP contribution in [-0.4, -0.2) is 14.8 Å². The fourth-order valence-corrected chi connectivity index (χ4v) is 1.21. The second-order valence-electron chi connectivity index (χ2n) is 2.52. The molecular weight excluding hydrogens is 150 g/mol. The molecular formula is C6H8ClN3. The summed E-state index contributed by atoms with van der Waals surface area (Å²) in [6, 6.07) is 0.642. The fraction of sp³-hybridized carbons (Fsp3) is 0.667. The van der Waals surface area contributed by atoms with Crippen LogP contribution in [0.5, 0.6) is 0 Å². The van der Waals surface area contributed by atoms with Gasteiger partial charge in [0, 0.05) is 6.04 Å². The molecule has 0 saturated heterocycles. The fourth-order valence-electron chi connectivity index (χ4n) is 1.02. The first kappa shape index (κ1) is 6.16. The first-order valence-electron chi connectivity index (χ1n) is 3.36. The molecule has 0 aromatic carbocycles. The SMILES string of the molecule is ClCc1nncn1C1CC1. The zero-order valence-electron chi connectivity index (χ0n) is 5.50. The van der Waals surface area contributed by atoms with Crippen LogP contribution in [-0.2, 0) is 5.88 Å². The molecule has 1 aliphatic carbocycles. The van der Waals surface area contributed by atoms with Crippen molar-refractivity contribution in [3.63, 3.8) is 0 Å². The maximum Gasteiger partial charge on any atom is 0.148 e. The first-order chi connectivity index (χ1) is 4.92. The third-order valence-electron chi connectivity index (χ3n) is 1.71. The highest BCUT2D eigenvalue weighted by Crippen LogP contribution is 2.35. The first-order valence-corrected chi connectivity index (χ1v) is 3.89. The summed E-state index contributed by atoms with van der Waals surface area (Å²) in [5.74, 6) is 1.36. The van der Waals surface area contributed by atoms with Crippen LogP contribution < -0.4 is 0 Å². The Hall–Kier alpha value is -0.570. The van der Waals surface area contributed by atoms with Crippen molar-refractivity contribution < 1.29 is 0 Å². The second-order valence-corrected chi connectivity index (χ2v) is 2.79. The summed E-state index contributed by atoms with van der Waals surface area (Å²) in [5, 5.41) is 7.66. The topological polar surface area (TPSA) is 30.7 Å². The molecule has 1 fully saturated rings. The highest BCUT2D eigenvalue weighted by molar-refractivity contribution is 6.16. The van der Waals surface area contributed by atoms with Crippen LogP contribution in [0.4, 0.5) is 0 Å². The Balaban J connectivity index is 2.28. The molecule has 0 unspecified atom stereocenters. The predicted molar refractivity (Wildman–Crippen MR) is 37.9 cm³/mol. The maximum absolute atomic E-state index is 5.62. The maximum atomic E-state index is 5.62. The van der Waals surface area contributed by atoms with Crippen LogP contribution in [0.2, 0.25) is 0 Å². The van der Waals surface area contributed by atoms with E-state index in [1.54, 1.807) is 6.33 Å². The van der Waals surface area contributed by atoms with Crippen LogP contribution in [0.25, 0.3) is 0 Å². The molecule has 10 heavy (non-hydrogen) atoms. The van der Waals surface area contributed by atoms with E-state index in [1.165, 1.54) is 12.8 Å². The van der Waals surface area contributed by atoms with Gasteiger partial charge in [-0.15, -0.1) is 21.8 Å². The van der Waals surface area contributed by atoms with E-state index in [9.17, 15) is 0 Å². The molecule has 1 heterocycles. The van der Waals surface area contributed by atoms with E-state index in [-0.39, 0.29) is 0 Å². The summed E-state index contributed by atoms with van der Waals surface area (Å²) < 4.78 is 2.06. The molecule has 1 aromatic rings. The minimum atomic E-state index is 0.469. The van der Waals surface area contributed by atoms with E-state index < -0.39 is 0 Å². The van der Waals surface area contributed by atoms with Crippen LogP contribution >= 0.6 is 11.6 Å². The molecule has 0 N–H and O–H groups in total. The van der Waals surface area contributed by atoms with Crippen molar-refractivity contribution in [2.24, 2.45) is 0 Å². The molecule has 1 aromatic heterocycles. The van der Waals surface area contributed by atoms with E-state index in [1.807, 2.05) is 0 Å². The van der Waals surface area contributed by atoms with Crippen molar-refractivity contribution in [1.82, 2.24) is 14.8 Å². The lowest BCUT2D eigenvalue weighted by Crippen LogP contribution is -1.97. The van der Waals surface area contributed by atoms with E-state index in [2.05, 4.69) is 14.8 Å². The average Bonchev–Trinajstić information content (AvgIpc) is 2.69. The predicted octanol–water partition coefficient (Wildman–Crippen LogP) is 1.35. The lowest BCUT2D eigenvalue weighted by atomic mass is 10.6. The lowest BCUT2D eigenvalue weighted by Gasteiger charge is -1.98. The molecule has 0 radical (unpaired) electrons. The zero-order chi connectivity index (χ0) is 6.97. The Morgan fingerprint density at radius 1 is 1.70 bits per heavy atom. The summed E-state index contributed by atoms with van der Waals surface area (Å²) in [6.07, 6.45) is 4.26. The Bertz CT molecular complexity index is 229. The highest BCUT2D eigenvalue weighted by atomic mass is 35.5. The normalized spacial score (nSPS) is 17.7. The van der Waals surface area contributed by atoms with E-state index in [4.69, 9.17) is 11.6 Å². The van der Waals surface area contributed by atoms with Gasteiger partial charge in [0.15, 0.2) is 0 Å². The minimum Gasteiger partial charge on any atom is -0.313 e. The molecule has 0 spiro atoms. The Morgan fingerprint density at radius 2 is 2.50 bits per heavy atom. The summed E-state index contributed by atoms with van der Waals surface area (Å²) >= 11 is 5.62. The number of nitrogens with zero attached hydrogens (tertiary/aromatic N) is 3. The van der Waals surface area contributed by atoms with Gasteiger partial charge in [-0.05, 0) is 12.8 Å². The Morgan fingerprint density at radius 3 is 3.10 bits per heavy atom. The molecule has 0 amide bonds. The van der Waals surface area contributed by atoms with Crippen molar-refractivity contribution in [1.29, 1.82) is 0 Å². The molecule has 0 bridgehead atoms. The standard InChI is InChI=1S/C6H8ClN3/c7-3-6-9-8-4-10(6)5-1-2-5/h4-5H,1-3H2. The third-order valence-corrected chi connectivity index (χ3v) is 1.95. The van der Waals surface area contributed by atoms with Crippen LogP contribution in [0, 0.1) is 0 Å². The smallest absolute Gasteiger partial charge is 0.148 e. The van der Waals surface area contributed by atoms with Gasteiger partial charge in [-0.25, -0.2) is 0 Å². The molecule has 0 aliphatic heterocycles. The van der Waals surface area contributed by atoms with Crippen LogP contribution in [0.1, 0.15) is 24.7 Å². The molecule has 0 atom stereocenters. The molecule has 2 rings (SSSR count). The Labute approximate surface area is 64.0 Å². The van der Waals surface area contributed by atoms with E-state index >= 15 is 0 Å². The van der Waals surface area contributed by atoms with Gasteiger partial charge in [0.2, 0.25) is 0 Å². The van der Waals surface area contributed by atoms with E-state index in [0.717, 1.165) is 5.82 Å².